The fourth-order valence-corrected chi connectivity index (χ4v) is 4.42. The van der Waals surface area contributed by atoms with Crippen LogP contribution in [0.5, 0.6) is 0 Å². The molecular weight excluding hydrogens is 397 g/mol. The van der Waals surface area contributed by atoms with Crippen molar-refractivity contribution in [3.63, 3.8) is 0 Å². The predicted molar refractivity (Wildman–Crippen MR) is 118 cm³/mol. The monoisotopic (exact) mass is 415 g/mol. The number of imidazole rings is 1. The van der Waals surface area contributed by atoms with E-state index in [2.05, 4.69) is 51.5 Å². The van der Waals surface area contributed by atoms with Gasteiger partial charge in [-0.3, -0.25) is 0 Å². The van der Waals surface area contributed by atoms with E-state index in [1.165, 1.54) is 12.1 Å². The van der Waals surface area contributed by atoms with Crippen molar-refractivity contribution in [1.82, 2.24) is 19.5 Å². The summed E-state index contributed by atoms with van der Waals surface area (Å²) < 4.78 is 16.2. The molecule has 5 rings (SSSR count). The molecule has 0 saturated heterocycles. The van der Waals surface area contributed by atoms with Crippen LogP contribution in [0.4, 0.5) is 10.2 Å². The van der Waals surface area contributed by atoms with E-state index in [-0.39, 0.29) is 11.9 Å². The van der Waals surface area contributed by atoms with Gasteiger partial charge >= 0.3 is 0 Å². The standard InChI is InChI=1S/C23H18FN5S/c1-15(16-4-8-19(9-5-16)29-11-10-25-14-29)28-23-22-20(26-13-27-23)12-21(30-22)17-2-6-18(24)7-3-17/h2-15H,1H3,(H,26,27,28)/t15-/m0/s1. The number of nitrogens with zero attached hydrogens (tertiary/aromatic N) is 4. The average Bonchev–Trinajstić information content (AvgIpc) is 3.45. The molecule has 0 aliphatic heterocycles. The van der Waals surface area contributed by atoms with Gasteiger partial charge in [-0.25, -0.2) is 19.3 Å². The molecule has 0 saturated carbocycles. The highest BCUT2D eigenvalue weighted by Crippen LogP contribution is 2.36. The van der Waals surface area contributed by atoms with Crippen molar-refractivity contribution < 1.29 is 4.39 Å². The summed E-state index contributed by atoms with van der Waals surface area (Å²) in [5.74, 6) is 0.555. The second kappa shape index (κ2) is 7.68. The molecule has 0 radical (unpaired) electrons. The Bertz CT molecular complexity index is 1280. The number of nitrogens with one attached hydrogen (secondary N) is 1. The van der Waals surface area contributed by atoms with Crippen molar-refractivity contribution >= 4 is 27.4 Å². The van der Waals surface area contributed by atoms with Gasteiger partial charge in [-0.05, 0) is 48.4 Å². The number of benzene rings is 2. The van der Waals surface area contributed by atoms with E-state index in [9.17, 15) is 4.39 Å². The molecule has 0 bridgehead atoms. The molecule has 3 heterocycles. The molecule has 7 heteroatoms. The molecule has 1 N–H and O–H groups in total. The molecule has 0 spiro atoms. The molecule has 0 unspecified atom stereocenters. The third-order valence-electron chi connectivity index (χ3n) is 4.99. The fraction of sp³-hybridized carbons (Fsp3) is 0.0870. The van der Waals surface area contributed by atoms with Crippen LogP contribution in [0.3, 0.4) is 0 Å². The minimum atomic E-state index is -0.241. The van der Waals surface area contributed by atoms with Gasteiger partial charge in [0.2, 0.25) is 0 Å². The number of thiophene rings is 1. The molecule has 0 aliphatic rings. The Labute approximate surface area is 176 Å². The zero-order valence-corrected chi connectivity index (χ0v) is 17.0. The normalized spacial score (nSPS) is 12.2. The van der Waals surface area contributed by atoms with E-state index < -0.39 is 0 Å². The van der Waals surface area contributed by atoms with Gasteiger partial charge in [0.15, 0.2) is 0 Å². The summed E-state index contributed by atoms with van der Waals surface area (Å²) in [5.41, 5.74) is 4.06. The number of fused-ring (bicyclic) bond motifs is 1. The van der Waals surface area contributed by atoms with Crippen LogP contribution in [0.2, 0.25) is 0 Å². The van der Waals surface area contributed by atoms with E-state index in [0.29, 0.717) is 0 Å². The molecule has 0 aliphatic carbocycles. The molecule has 5 nitrogen and oxygen atoms in total. The SMILES string of the molecule is C[C@H](Nc1ncnc2cc(-c3ccc(F)cc3)sc12)c1ccc(-n2ccnc2)cc1. The van der Waals surface area contributed by atoms with Crippen molar-refractivity contribution in [3.05, 3.63) is 91.0 Å². The van der Waals surface area contributed by atoms with Gasteiger partial charge in [0.25, 0.3) is 0 Å². The van der Waals surface area contributed by atoms with Gasteiger partial charge in [0.1, 0.15) is 18.0 Å². The molecule has 1 atom stereocenters. The lowest BCUT2D eigenvalue weighted by atomic mass is 10.1. The third-order valence-corrected chi connectivity index (χ3v) is 6.17. The second-order valence-corrected chi connectivity index (χ2v) is 8.03. The molecule has 0 amide bonds. The van der Waals surface area contributed by atoms with E-state index in [4.69, 9.17) is 0 Å². The van der Waals surface area contributed by atoms with E-state index in [1.54, 1.807) is 42.3 Å². The van der Waals surface area contributed by atoms with Crippen molar-refractivity contribution in [2.24, 2.45) is 0 Å². The van der Waals surface area contributed by atoms with Crippen LogP contribution < -0.4 is 5.32 Å². The van der Waals surface area contributed by atoms with E-state index in [1.807, 2.05) is 16.8 Å². The van der Waals surface area contributed by atoms with Crippen molar-refractivity contribution in [1.29, 1.82) is 0 Å². The predicted octanol–water partition coefficient (Wildman–Crippen LogP) is 5.86. The molecule has 2 aromatic carbocycles. The lowest BCUT2D eigenvalue weighted by Gasteiger charge is -2.16. The third kappa shape index (κ3) is 3.55. The Balaban J connectivity index is 1.41. The van der Waals surface area contributed by atoms with Crippen LogP contribution in [0.25, 0.3) is 26.3 Å². The van der Waals surface area contributed by atoms with Gasteiger partial charge < -0.3 is 9.88 Å². The minimum absolute atomic E-state index is 0.0660. The van der Waals surface area contributed by atoms with E-state index in [0.717, 1.165) is 37.7 Å². The zero-order valence-electron chi connectivity index (χ0n) is 16.2. The van der Waals surface area contributed by atoms with Gasteiger partial charge in [0, 0.05) is 29.0 Å². The van der Waals surface area contributed by atoms with Gasteiger partial charge in [-0.15, -0.1) is 11.3 Å². The Morgan fingerprint density at radius 3 is 2.57 bits per heavy atom. The van der Waals surface area contributed by atoms with Crippen molar-refractivity contribution in [3.8, 4) is 16.1 Å². The summed E-state index contributed by atoms with van der Waals surface area (Å²) in [4.78, 5) is 14.0. The Morgan fingerprint density at radius 1 is 1.03 bits per heavy atom. The number of hydrogen-bond acceptors (Lipinski definition) is 5. The van der Waals surface area contributed by atoms with Crippen LogP contribution in [0.15, 0.2) is 79.6 Å². The molecule has 148 valence electrons. The fourth-order valence-electron chi connectivity index (χ4n) is 3.35. The highest BCUT2D eigenvalue weighted by Gasteiger charge is 2.13. The molecule has 5 aromatic rings. The summed E-state index contributed by atoms with van der Waals surface area (Å²) in [6.45, 7) is 2.11. The van der Waals surface area contributed by atoms with Crippen LogP contribution in [-0.2, 0) is 0 Å². The minimum Gasteiger partial charge on any atom is -0.362 e. The smallest absolute Gasteiger partial charge is 0.147 e. The van der Waals surface area contributed by atoms with Crippen molar-refractivity contribution in [2.45, 2.75) is 13.0 Å². The summed E-state index contributed by atoms with van der Waals surface area (Å²) in [7, 11) is 0. The average molecular weight is 415 g/mol. The summed E-state index contributed by atoms with van der Waals surface area (Å²) >= 11 is 1.60. The number of halogens is 1. The lowest BCUT2D eigenvalue weighted by Crippen LogP contribution is -2.08. The van der Waals surface area contributed by atoms with Gasteiger partial charge in [-0.1, -0.05) is 24.3 Å². The van der Waals surface area contributed by atoms with Crippen LogP contribution >= 0.6 is 11.3 Å². The highest BCUT2D eigenvalue weighted by molar-refractivity contribution is 7.22. The second-order valence-electron chi connectivity index (χ2n) is 6.98. The highest BCUT2D eigenvalue weighted by atomic mass is 32.1. The van der Waals surface area contributed by atoms with Gasteiger partial charge in [0.05, 0.1) is 16.5 Å². The summed E-state index contributed by atoms with van der Waals surface area (Å²) in [5, 5.41) is 3.51. The Kier molecular flexibility index (Phi) is 4.72. The van der Waals surface area contributed by atoms with Crippen LogP contribution in [-0.4, -0.2) is 19.5 Å². The quantitative estimate of drug-likeness (QED) is 0.391. The number of anilines is 1. The Morgan fingerprint density at radius 2 is 1.83 bits per heavy atom. The molecular formula is C23H18FN5S. The van der Waals surface area contributed by atoms with Gasteiger partial charge in [-0.2, -0.15) is 0 Å². The maximum Gasteiger partial charge on any atom is 0.147 e. The molecule has 3 aromatic heterocycles. The topological polar surface area (TPSA) is 55.6 Å². The zero-order chi connectivity index (χ0) is 20.5. The molecule has 30 heavy (non-hydrogen) atoms. The lowest BCUT2D eigenvalue weighted by molar-refractivity contribution is 0.628. The maximum atomic E-state index is 13.2. The van der Waals surface area contributed by atoms with Crippen LogP contribution in [0, 0.1) is 5.82 Å². The number of aromatic nitrogens is 4. The first kappa shape index (κ1) is 18.4. The number of hydrogen-bond donors (Lipinski definition) is 1. The molecule has 0 fully saturated rings. The first-order valence-electron chi connectivity index (χ1n) is 9.53. The maximum absolute atomic E-state index is 13.2. The van der Waals surface area contributed by atoms with Crippen LogP contribution in [0.1, 0.15) is 18.5 Å². The number of rotatable bonds is 5. The summed E-state index contributed by atoms with van der Waals surface area (Å²) in [6, 6.07) is 16.9. The van der Waals surface area contributed by atoms with Crippen molar-refractivity contribution in [2.75, 3.05) is 5.32 Å². The van der Waals surface area contributed by atoms with E-state index >= 15 is 0 Å². The summed E-state index contributed by atoms with van der Waals surface area (Å²) in [6.07, 6.45) is 7.04. The first-order chi connectivity index (χ1) is 14.7. The first-order valence-corrected chi connectivity index (χ1v) is 10.3. The largest absolute Gasteiger partial charge is 0.362 e. The Hall–Kier alpha value is -3.58.